The smallest absolute Gasteiger partial charge is 0.306 e. The summed E-state index contributed by atoms with van der Waals surface area (Å²) in [4.78, 5) is 17.0. The molecule has 2 aromatic heterocycles. The number of benzene rings is 1. The third kappa shape index (κ3) is 5.13. The van der Waals surface area contributed by atoms with Crippen molar-refractivity contribution in [1.82, 2.24) is 19.5 Å². The van der Waals surface area contributed by atoms with E-state index in [1.807, 2.05) is 34.6 Å². The molecular formula is C22H27FN6O2S. The highest BCUT2D eigenvalue weighted by atomic mass is 32.2. The first-order chi connectivity index (χ1) is 15.0. The summed E-state index contributed by atoms with van der Waals surface area (Å²) >= 11 is 0. The van der Waals surface area contributed by atoms with Gasteiger partial charge in [-0.05, 0) is 68.1 Å². The fourth-order valence-corrected chi connectivity index (χ4v) is 4.13. The number of aromatic nitrogens is 3. The number of halogens is 1. The highest BCUT2D eigenvalue weighted by Crippen LogP contribution is 2.36. The number of amides is 2. The lowest BCUT2D eigenvalue weighted by Crippen LogP contribution is -2.34. The van der Waals surface area contributed by atoms with E-state index in [1.54, 1.807) is 29.2 Å². The molecule has 170 valence electrons. The number of hydrogen-bond donors (Lipinski definition) is 3. The molecule has 1 unspecified atom stereocenters. The van der Waals surface area contributed by atoms with E-state index in [0.29, 0.717) is 22.4 Å². The number of aryl methyl sites for hydroxylation is 1. The fourth-order valence-electron chi connectivity index (χ4n) is 3.25. The molecule has 0 aliphatic rings. The van der Waals surface area contributed by atoms with Gasteiger partial charge in [0.2, 0.25) is 0 Å². The van der Waals surface area contributed by atoms with E-state index in [4.69, 9.17) is 4.78 Å². The van der Waals surface area contributed by atoms with Crippen molar-refractivity contribution >= 4 is 21.6 Å². The number of pyridine rings is 1. The van der Waals surface area contributed by atoms with Gasteiger partial charge in [-0.2, -0.15) is 5.10 Å². The summed E-state index contributed by atoms with van der Waals surface area (Å²) in [5, 5.41) is 6.77. The third-order valence-electron chi connectivity index (χ3n) is 4.85. The summed E-state index contributed by atoms with van der Waals surface area (Å²) in [6, 6.07) is 6.82. The van der Waals surface area contributed by atoms with Gasteiger partial charge in [0.1, 0.15) is 5.82 Å². The molecule has 3 rings (SSSR count). The van der Waals surface area contributed by atoms with Crippen LogP contribution in [0.4, 0.5) is 14.9 Å². The molecule has 0 fully saturated rings. The summed E-state index contributed by atoms with van der Waals surface area (Å²) < 4.78 is 39.2. The topological polar surface area (TPSA) is 113 Å². The van der Waals surface area contributed by atoms with Crippen LogP contribution in [0.15, 0.2) is 47.8 Å². The summed E-state index contributed by atoms with van der Waals surface area (Å²) in [5.41, 5.74) is 2.84. The van der Waals surface area contributed by atoms with E-state index in [2.05, 4.69) is 20.1 Å². The van der Waals surface area contributed by atoms with Crippen molar-refractivity contribution < 1.29 is 13.4 Å². The normalized spacial score (nSPS) is 13.2. The van der Waals surface area contributed by atoms with Gasteiger partial charge in [0.15, 0.2) is 14.9 Å². The van der Waals surface area contributed by atoms with Gasteiger partial charge in [-0.15, -0.1) is 0 Å². The van der Waals surface area contributed by atoms with Crippen LogP contribution in [0.3, 0.4) is 0 Å². The molecular weight excluding hydrogens is 431 g/mol. The number of carbonyl (C=O) groups is 1. The summed E-state index contributed by atoms with van der Waals surface area (Å²) in [6.07, 6.45) is 3.21. The zero-order valence-electron chi connectivity index (χ0n) is 18.6. The maximum absolute atomic E-state index is 14.4. The SMILES string of the molecule is Cc1cc(-c2cc(F)cc(C(C)C)c2NC(=O)NS(=N)(=O)c2ccn(C(C)C)n2)ccn1. The molecule has 8 nitrogen and oxygen atoms in total. The summed E-state index contributed by atoms with van der Waals surface area (Å²) in [7, 11) is -3.70. The van der Waals surface area contributed by atoms with E-state index in [0.717, 1.165) is 5.69 Å². The lowest BCUT2D eigenvalue weighted by Gasteiger charge is -2.19. The molecule has 0 spiro atoms. The molecule has 2 amide bonds. The number of nitrogens with one attached hydrogen (secondary N) is 3. The van der Waals surface area contributed by atoms with Crippen molar-refractivity contribution in [2.75, 3.05) is 5.32 Å². The number of hydrogen-bond acceptors (Lipinski definition) is 5. The average molecular weight is 459 g/mol. The number of carbonyl (C=O) groups excluding carboxylic acids is 1. The molecule has 0 saturated carbocycles. The van der Waals surface area contributed by atoms with Gasteiger partial charge < -0.3 is 5.32 Å². The zero-order valence-corrected chi connectivity index (χ0v) is 19.5. The van der Waals surface area contributed by atoms with Crippen molar-refractivity contribution in [3.63, 3.8) is 0 Å². The lowest BCUT2D eigenvalue weighted by molar-refractivity contribution is 0.256. The predicted molar refractivity (Wildman–Crippen MR) is 122 cm³/mol. The predicted octanol–water partition coefficient (Wildman–Crippen LogP) is 5.24. The molecule has 0 radical (unpaired) electrons. The number of anilines is 1. The first kappa shape index (κ1) is 23.4. The Bertz CT molecular complexity index is 1250. The van der Waals surface area contributed by atoms with Crippen LogP contribution in [0, 0.1) is 17.5 Å². The Hall–Kier alpha value is -3.27. The van der Waals surface area contributed by atoms with Crippen LogP contribution < -0.4 is 10.0 Å². The Labute approximate surface area is 187 Å². The highest BCUT2D eigenvalue weighted by molar-refractivity contribution is 7.91. The largest absolute Gasteiger partial charge is 0.332 e. The van der Waals surface area contributed by atoms with E-state index in [-0.39, 0.29) is 17.0 Å². The second-order valence-corrected chi connectivity index (χ2v) is 9.83. The van der Waals surface area contributed by atoms with Crippen LogP contribution >= 0.6 is 0 Å². The first-order valence-electron chi connectivity index (χ1n) is 10.2. The molecule has 0 aliphatic heterocycles. The van der Waals surface area contributed by atoms with Gasteiger partial charge in [0.25, 0.3) is 0 Å². The Kier molecular flexibility index (Phi) is 6.63. The Morgan fingerprint density at radius 3 is 2.50 bits per heavy atom. The minimum absolute atomic E-state index is 0.0203. The van der Waals surface area contributed by atoms with E-state index < -0.39 is 21.8 Å². The maximum Gasteiger partial charge on any atom is 0.332 e. The van der Waals surface area contributed by atoms with Crippen molar-refractivity contribution in [3.8, 4) is 11.1 Å². The lowest BCUT2D eigenvalue weighted by atomic mass is 9.94. The van der Waals surface area contributed by atoms with Gasteiger partial charge >= 0.3 is 6.03 Å². The highest BCUT2D eigenvalue weighted by Gasteiger charge is 2.21. The Balaban J connectivity index is 1.97. The Morgan fingerprint density at radius 2 is 1.91 bits per heavy atom. The van der Waals surface area contributed by atoms with Crippen molar-refractivity contribution in [3.05, 3.63) is 59.8 Å². The quantitative estimate of drug-likeness (QED) is 0.469. The minimum atomic E-state index is -3.70. The molecule has 10 heteroatoms. The molecule has 0 aliphatic carbocycles. The van der Waals surface area contributed by atoms with Gasteiger partial charge in [-0.25, -0.2) is 22.9 Å². The van der Waals surface area contributed by atoms with Crippen molar-refractivity contribution in [2.45, 2.75) is 51.6 Å². The number of urea groups is 1. The molecule has 2 heterocycles. The fraction of sp³-hybridized carbons (Fsp3) is 0.318. The summed E-state index contributed by atoms with van der Waals surface area (Å²) in [5.74, 6) is -0.544. The molecule has 1 aromatic carbocycles. The number of rotatable bonds is 6. The van der Waals surface area contributed by atoms with Crippen molar-refractivity contribution in [1.29, 1.82) is 4.78 Å². The summed E-state index contributed by atoms with van der Waals surface area (Å²) in [6.45, 7) is 9.37. The first-order valence-corrected chi connectivity index (χ1v) is 11.7. The molecule has 0 saturated heterocycles. The maximum atomic E-state index is 14.4. The van der Waals surface area contributed by atoms with Gasteiger partial charge in [-0.3, -0.25) is 9.67 Å². The molecule has 0 bridgehead atoms. The van der Waals surface area contributed by atoms with Gasteiger partial charge in [0, 0.05) is 29.7 Å². The van der Waals surface area contributed by atoms with Gasteiger partial charge in [-0.1, -0.05) is 13.8 Å². The van der Waals surface area contributed by atoms with Gasteiger partial charge in [0.05, 0.1) is 5.69 Å². The second-order valence-electron chi connectivity index (χ2n) is 8.10. The molecule has 3 N–H and O–H groups in total. The van der Waals surface area contributed by atoms with E-state index in [9.17, 15) is 13.4 Å². The minimum Gasteiger partial charge on any atom is -0.306 e. The van der Waals surface area contributed by atoms with Crippen LogP contribution in [-0.2, 0) is 9.92 Å². The molecule has 1 atom stereocenters. The standard InChI is InChI=1S/C22H27FN6O2S/c1-13(2)18-11-17(23)12-19(16-6-8-25-15(5)10-16)21(18)26-22(30)28-32(24,31)20-7-9-29(27-20)14(3)4/h6-14H,1-5H3,(H3,24,26,28,30,31). The van der Waals surface area contributed by atoms with Crippen LogP contribution in [0.5, 0.6) is 0 Å². The second kappa shape index (κ2) is 9.07. The van der Waals surface area contributed by atoms with Crippen molar-refractivity contribution in [2.24, 2.45) is 0 Å². The zero-order chi connectivity index (χ0) is 23.6. The monoisotopic (exact) mass is 458 g/mol. The van der Waals surface area contributed by atoms with E-state index in [1.165, 1.54) is 18.2 Å². The van der Waals surface area contributed by atoms with Crippen LogP contribution in [0.25, 0.3) is 11.1 Å². The third-order valence-corrected chi connectivity index (χ3v) is 6.13. The van der Waals surface area contributed by atoms with Crippen LogP contribution in [0.1, 0.15) is 50.9 Å². The van der Waals surface area contributed by atoms with Crippen LogP contribution in [-0.4, -0.2) is 25.0 Å². The number of nitrogens with zero attached hydrogens (tertiary/aromatic N) is 3. The molecule has 32 heavy (non-hydrogen) atoms. The van der Waals surface area contributed by atoms with Crippen LogP contribution in [0.2, 0.25) is 0 Å². The average Bonchev–Trinajstić information content (AvgIpc) is 3.20. The van der Waals surface area contributed by atoms with E-state index >= 15 is 0 Å². The Morgan fingerprint density at radius 1 is 1.19 bits per heavy atom. The molecule has 3 aromatic rings.